The molecule has 4 heteroatoms. The van der Waals surface area contributed by atoms with Gasteiger partial charge < -0.3 is 4.74 Å². The average Bonchev–Trinajstić information content (AvgIpc) is 2.32. The molecule has 0 atom stereocenters. The van der Waals surface area contributed by atoms with Gasteiger partial charge in [-0.2, -0.15) is 0 Å². The van der Waals surface area contributed by atoms with Gasteiger partial charge in [0.1, 0.15) is 11.5 Å². The van der Waals surface area contributed by atoms with Crippen molar-refractivity contribution in [1.29, 1.82) is 0 Å². The molecule has 17 heavy (non-hydrogen) atoms. The summed E-state index contributed by atoms with van der Waals surface area (Å²) in [5, 5.41) is -0.312. The van der Waals surface area contributed by atoms with Crippen molar-refractivity contribution < 1.29 is 9.53 Å². The molecular weight excluding hydrogens is 300 g/mol. The highest BCUT2D eigenvalue weighted by atomic mass is 79.9. The molecule has 2 aromatic rings. The molecule has 0 aliphatic rings. The lowest BCUT2D eigenvalue weighted by Gasteiger charge is -2.09. The highest BCUT2D eigenvalue weighted by Crippen LogP contribution is 2.31. The molecule has 0 aliphatic heterocycles. The van der Waals surface area contributed by atoms with Crippen LogP contribution in [0.4, 0.5) is 0 Å². The van der Waals surface area contributed by atoms with Crippen LogP contribution in [0.1, 0.15) is 10.4 Å². The van der Waals surface area contributed by atoms with Gasteiger partial charge in [-0.25, -0.2) is 0 Å². The fraction of sp³-hybridized carbons (Fsp3) is 0. The predicted molar refractivity (Wildman–Crippen MR) is 74.0 cm³/mol. The molecule has 2 aromatic carbocycles. The van der Waals surface area contributed by atoms with Crippen LogP contribution in [0.3, 0.4) is 0 Å². The zero-order valence-corrected chi connectivity index (χ0v) is 11.2. The number of hydrogen-bond acceptors (Lipinski definition) is 2. The third kappa shape index (κ3) is 2.90. The first-order valence-corrected chi connectivity index (χ1v) is 6.17. The first-order valence-electron chi connectivity index (χ1n) is 4.93. The second-order valence-corrected chi connectivity index (χ2v) is 4.59. The summed E-state index contributed by atoms with van der Waals surface area (Å²) in [6, 6.07) is 14.5. The van der Waals surface area contributed by atoms with E-state index in [0.717, 1.165) is 4.47 Å². The minimum absolute atomic E-state index is 0.312. The Morgan fingerprint density at radius 1 is 1.00 bits per heavy atom. The van der Waals surface area contributed by atoms with E-state index in [4.69, 9.17) is 4.74 Å². The van der Waals surface area contributed by atoms with Crippen LogP contribution in [-0.2, 0) is 0 Å². The summed E-state index contributed by atoms with van der Waals surface area (Å²) < 4.78 is 6.52. The van der Waals surface area contributed by atoms with Gasteiger partial charge >= 0.3 is 0 Å². The van der Waals surface area contributed by atoms with Gasteiger partial charge in [-0.1, -0.05) is 24.3 Å². The molecule has 0 unspecified atom stereocenters. The fourth-order valence-electron chi connectivity index (χ4n) is 1.38. The van der Waals surface area contributed by atoms with Crippen molar-refractivity contribution in [2.24, 2.45) is 0 Å². The summed E-state index contributed by atoms with van der Waals surface area (Å²) in [6.45, 7) is 0. The average molecular weight is 309 g/mol. The van der Waals surface area contributed by atoms with Gasteiger partial charge in [0.05, 0.1) is 10.0 Å². The van der Waals surface area contributed by atoms with E-state index in [1.807, 2.05) is 30.3 Å². The maximum atomic E-state index is 11.3. The maximum absolute atomic E-state index is 11.3. The lowest BCUT2D eigenvalue weighted by molar-refractivity contribution is 0.108. The highest BCUT2D eigenvalue weighted by molar-refractivity contribution is 9.10. The molecule has 0 N–H and O–H groups in total. The second kappa shape index (κ2) is 5.38. The van der Waals surface area contributed by atoms with Gasteiger partial charge in [0.15, 0.2) is 0 Å². The minimum Gasteiger partial charge on any atom is -0.455 e. The molecular formula is C13H9BrO2S. The Bertz CT molecular complexity index is 555. The van der Waals surface area contributed by atoms with Crippen LogP contribution >= 0.6 is 28.6 Å². The smallest absolute Gasteiger partial charge is 0.220 e. The van der Waals surface area contributed by atoms with Crippen molar-refractivity contribution in [2.45, 2.75) is 0 Å². The Balaban J connectivity index is 2.37. The first-order chi connectivity index (χ1) is 8.18. The molecule has 2 rings (SSSR count). The van der Waals surface area contributed by atoms with Crippen LogP contribution < -0.4 is 4.74 Å². The SMILES string of the molecule is O=C(S)c1ccccc1Oc1ccccc1Br. The molecule has 0 saturated carbocycles. The van der Waals surface area contributed by atoms with Crippen molar-refractivity contribution >= 4 is 33.7 Å². The molecule has 0 aliphatic carbocycles. The Kier molecular flexibility index (Phi) is 3.86. The zero-order valence-electron chi connectivity index (χ0n) is 8.76. The van der Waals surface area contributed by atoms with Crippen LogP contribution in [0.2, 0.25) is 0 Å². The molecule has 0 heterocycles. The van der Waals surface area contributed by atoms with E-state index in [9.17, 15) is 4.79 Å². The number of carbonyl (C=O) groups is 1. The number of carbonyl (C=O) groups excluding carboxylic acids is 1. The van der Waals surface area contributed by atoms with Crippen molar-refractivity contribution in [3.8, 4) is 11.5 Å². The molecule has 2 nitrogen and oxygen atoms in total. The number of benzene rings is 2. The molecule has 0 aromatic heterocycles. The van der Waals surface area contributed by atoms with E-state index < -0.39 is 0 Å². The molecule has 0 spiro atoms. The largest absolute Gasteiger partial charge is 0.455 e. The molecule has 86 valence electrons. The number of hydrogen-bond donors (Lipinski definition) is 1. The normalized spacial score (nSPS) is 10.0. The second-order valence-electron chi connectivity index (χ2n) is 3.33. The summed E-state index contributed by atoms with van der Waals surface area (Å²) in [6.07, 6.45) is 0. The Hall–Kier alpha value is -1.26. The van der Waals surface area contributed by atoms with Crippen molar-refractivity contribution in [2.75, 3.05) is 0 Å². The number of rotatable bonds is 3. The Morgan fingerprint density at radius 2 is 1.59 bits per heavy atom. The fourth-order valence-corrected chi connectivity index (χ4v) is 1.93. The van der Waals surface area contributed by atoms with E-state index in [2.05, 4.69) is 28.6 Å². The third-order valence-electron chi connectivity index (χ3n) is 2.17. The van der Waals surface area contributed by atoms with Crippen LogP contribution in [0.15, 0.2) is 53.0 Å². The third-order valence-corrected chi connectivity index (χ3v) is 3.07. The van der Waals surface area contributed by atoms with E-state index in [0.29, 0.717) is 17.1 Å². The minimum atomic E-state index is -0.312. The number of para-hydroxylation sites is 2. The molecule has 0 amide bonds. The number of thiol groups is 1. The zero-order chi connectivity index (χ0) is 12.3. The Labute approximate surface area is 113 Å². The van der Waals surface area contributed by atoms with Crippen LogP contribution in [0.5, 0.6) is 11.5 Å². The monoisotopic (exact) mass is 308 g/mol. The van der Waals surface area contributed by atoms with Crippen molar-refractivity contribution in [3.05, 3.63) is 58.6 Å². The number of halogens is 1. The molecule has 0 saturated heterocycles. The predicted octanol–water partition coefficient (Wildman–Crippen LogP) is 4.31. The molecule has 0 bridgehead atoms. The van der Waals surface area contributed by atoms with Gasteiger partial charge in [-0.15, -0.1) is 12.6 Å². The molecule has 0 fully saturated rings. The lowest BCUT2D eigenvalue weighted by atomic mass is 10.2. The summed E-state index contributed by atoms with van der Waals surface area (Å²) in [4.78, 5) is 11.3. The van der Waals surface area contributed by atoms with E-state index >= 15 is 0 Å². The summed E-state index contributed by atoms with van der Waals surface area (Å²) in [7, 11) is 0. The van der Waals surface area contributed by atoms with Gasteiger partial charge in [-0.05, 0) is 40.2 Å². The first kappa shape index (κ1) is 12.2. The topological polar surface area (TPSA) is 26.3 Å². The van der Waals surface area contributed by atoms with Crippen LogP contribution in [0, 0.1) is 0 Å². The quantitative estimate of drug-likeness (QED) is 0.855. The van der Waals surface area contributed by atoms with Crippen LogP contribution in [0.25, 0.3) is 0 Å². The van der Waals surface area contributed by atoms with Crippen LogP contribution in [-0.4, -0.2) is 5.12 Å². The standard InChI is InChI=1S/C13H9BrO2S/c14-10-6-2-4-8-12(10)16-11-7-3-1-5-9(11)13(15)17/h1-8H,(H,15,17). The van der Waals surface area contributed by atoms with E-state index in [-0.39, 0.29) is 5.12 Å². The van der Waals surface area contributed by atoms with Crippen molar-refractivity contribution in [3.63, 3.8) is 0 Å². The van der Waals surface area contributed by atoms with Gasteiger partial charge in [0, 0.05) is 0 Å². The summed E-state index contributed by atoms with van der Waals surface area (Å²) in [5.74, 6) is 1.16. The van der Waals surface area contributed by atoms with E-state index in [1.54, 1.807) is 18.2 Å². The maximum Gasteiger partial charge on any atom is 0.220 e. The summed E-state index contributed by atoms with van der Waals surface area (Å²) >= 11 is 7.21. The van der Waals surface area contributed by atoms with Gasteiger partial charge in [-0.3, -0.25) is 4.79 Å². The lowest BCUT2D eigenvalue weighted by Crippen LogP contribution is -1.94. The molecule has 0 radical (unpaired) electrons. The van der Waals surface area contributed by atoms with Crippen molar-refractivity contribution in [1.82, 2.24) is 0 Å². The van der Waals surface area contributed by atoms with E-state index in [1.165, 1.54) is 0 Å². The highest BCUT2D eigenvalue weighted by Gasteiger charge is 2.10. The number of ether oxygens (including phenoxy) is 1. The van der Waals surface area contributed by atoms with Gasteiger partial charge in [0.25, 0.3) is 0 Å². The summed E-state index contributed by atoms with van der Waals surface area (Å²) in [5.41, 5.74) is 0.451. The Morgan fingerprint density at radius 3 is 2.24 bits per heavy atom. The van der Waals surface area contributed by atoms with Gasteiger partial charge in [0.2, 0.25) is 5.12 Å².